The standard InChI is InChI=1S/C10H15N3S/c1-10(3-2-4-14-10)9(11)8-5-12-7-13-6-8/h5-7,9H,2-4,11H2,1H3. The molecule has 3 nitrogen and oxygen atoms in total. The third kappa shape index (κ3) is 1.77. The number of hydrogen-bond donors (Lipinski definition) is 1. The van der Waals surface area contributed by atoms with Gasteiger partial charge in [-0.25, -0.2) is 9.97 Å². The second-order valence-electron chi connectivity index (χ2n) is 3.91. The van der Waals surface area contributed by atoms with Crippen LogP contribution in [0.3, 0.4) is 0 Å². The molecule has 76 valence electrons. The van der Waals surface area contributed by atoms with E-state index >= 15 is 0 Å². The Bertz CT molecular complexity index is 295. The number of hydrogen-bond acceptors (Lipinski definition) is 4. The van der Waals surface area contributed by atoms with E-state index in [0.29, 0.717) is 0 Å². The molecule has 4 heteroatoms. The highest BCUT2D eigenvalue weighted by molar-refractivity contribution is 8.00. The summed E-state index contributed by atoms with van der Waals surface area (Å²) >= 11 is 1.97. The van der Waals surface area contributed by atoms with E-state index in [4.69, 9.17) is 5.73 Å². The number of nitrogens with two attached hydrogens (primary N) is 1. The highest BCUT2D eigenvalue weighted by atomic mass is 32.2. The Morgan fingerprint density at radius 2 is 2.21 bits per heavy atom. The molecule has 2 atom stereocenters. The Morgan fingerprint density at radius 1 is 1.50 bits per heavy atom. The minimum atomic E-state index is 0.0520. The van der Waals surface area contributed by atoms with Gasteiger partial charge in [-0.3, -0.25) is 0 Å². The van der Waals surface area contributed by atoms with E-state index in [2.05, 4.69) is 16.9 Å². The Labute approximate surface area is 88.5 Å². The zero-order valence-electron chi connectivity index (χ0n) is 8.31. The van der Waals surface area contributed by atoms with Gasteiger partial charge < -0.3 is 5.73 Å². The molecule has 0 spiro atoms. The van der Waals surface area contributed by atoms with Gasteiger partial charge in [0.05, 0.1) is 0 Å². The predicted octanol–water partition coefficient (Wildman–Crippen LogP) is 1.76. The predicted molar refractivity (Wildman–Crippen MR) is 59.1 cm³/mol. The van der Waals surface area contributed by atoms with Gasteiger partial charge in [0.1, 0.15) is 6.33 Å². The minimum Gasteiger partial charge on any atom is -0.323 e. The summed E-state index contributed by atoms with van der Waals surface area (Å²) in [6, 6.07) is 0.0520. The molecule has 1 saturated heterocycles. The van der Waals surface area contributed by atoms with Crippen molar-refractivity contribution in [2.24, 2.45) is 5.73 Å². The largest absolute Gasteiger partial charge is 0.323 e. The van der Waals surface area contributed by atoms with E-state index in [1.165, 1.54) is 18.6 Å². The third-order valence-corrected chi connectivity index (χ3v) is 4.46. The van der Waals surface area contributed by atoms with Crippen molar-refractivity contribution >= 4 is 11.8 Å². The van der Waals surface area contributed by atoms with E-state index in [1.54, 1.807) is 6.33 Å². The summed E-state index contributed by atoms with van der Waals surface area (Å²) in [7, 11) is 0. The summed E-state index contributed by atoms with van der Waals surface area (Å²) in [6.45, 7) is 2.24. The first-order valence-electron chi connectivity index (χ1n) is 4.87. The number of thioether (sulfide) groups is 1. The maximum absolute atomic E-state index is 6.23. The molecular weight excluding hydrogens is 194 g/mol. The van der Waals surface area contributed by atoms with Gasteiger partial charge in [-0.15, -0.1) is 0 Å². The van der Waals surface area contributed by atoms with Crippen LogP contribution in [0.2, 0.25) is 0 Å². The summed E-state index contributed by atoms with van der Waals surface area (Å²) in [5, 5.41) is 0. The van der Waals surface area contributed by atoms with Crippen molar-refractivity contribution in [3.05, 3.63) is 24.3 Å². The molecule has 1 aliphatic heterocycles. The van der Waals surface area contributed by atoms with Gasteiger partial charge in [0.15, 0.2) is 0 Å². The van der Waals surface area contributed by atoms with E-state index in [-0.39, 0.29) is 10.8 Å². The summed E-state index contributed by atoms with van der Waals surface area (Å²) in [5.41, 5.74) is 7.28. The number of nitrogens with zero attached hydrogens (tertiary/aromatic N) is 2. The molecule has 2 rings (SSSR count). The van der Waals surface area contributed by atoms with Crippen LogP contribution in [0.4, 0.5) is 0 Å². The fourth-order valence-electron chi connectivity index (χ4n) is 1.87. The molecule has 1 fully saturated rings. The topological polar surface area (TPSA) is 51.8 Å². The van der Waals surface area contributed by atoms with E-state index in [1.807, 2.05) is 24.2 Å². The lowest BCUT2D eigenvalue weighted by atomic mass is 9.93. The molecule has 0 amide bonds. The van der Waals surface area contributed by atoms with Gasteiger partial charge in [0, 0.05) is 28.7 Å². The van der Waals surface area contributed by atoms with Crippen molar-refractivity contribution in [1.82, 2.24) is 9.97 Å². The molecule has 0 aromatic carbocycles. The van der Waals surface area contributed by atoms with Crippen LogP contribution in [0.1, 0.15) is 31.4 Å². The van der Waals surface area contributed by atoms with Crippen molar-refractivity contribution in [3.63, 3.8) is 0 Å². The summed E-state index contributed by atoms with van der Waals surface area (Å²) < 4.78 is 0.171. The molecule has 1 aliphatic rings. The van der Waals surface area contributed by atoms with Crippen LogP contribution in [-0.2, 0) is 0 Å². The Morgan fingerprint density at radius 3 is 2.79 bits per heavy atom. The average molecular weight is 209 g/mol. The van der Waals surface area contributed by atoms with Crippen molar-refractivity contribution in [1.29, 1.82) is 0 Å². The first-order chi connectivity index (χ1) is 6.72. The van der Waals surface area contributed by atoms with Crippen molar-refractivity contribution < 1.29 is 0 Å². The molecule has 0 saturated carbocycles. The van der Waals surface area contributed by atoms with Crippen LogP contribution in [0.25, 0.3) is 0 Å². The Hall–Kier alpha value is -0.610. The second kappa shape index (κ2) is 3.87. The van der Waals surface area contributed by atoms with Crippen LogP contribution in [-0.4, -0.2) is 20.5 Å². The van der Waals surface area contributed by atoms with Gasteiger partial charge in [0.2, 0.25) is 0 Å². The third-order valence-electron chi connectivity index (χ3n) is 2.85. The lowest BCUT2D eigenvalue weighted by molar-refractivity contribution is 0.499. The monoisotopic (exact) mass is 209 g/mol. The summed E-state index contributed by atoms with van der Waals surface area (Å²) in [5.74, 6) is 1.22. The van der Waals surface area contributed by atoms with Crippen LogP contribution < -0.4 is 5.73 Å². The first-order valence-corrected chi connectivity index (χ1v) is 5.85. The minimum absolute atomic E-state index is 0.0520. The maximum atomic E-state index is 6.23. The van der Waals surface area contributed by atoms with E-state index < -0.39 is 0 Å². The van der Waals surface area contributed by atoms with Crippen LogP contribution in [0.5, 0.6) is 0 Å². The lowest BCUT2D eigenvalue weighted by Crippen LogP contribution is -2.33. The summed E-state index contributed by atoms with van der Waals surface area (Å²) in [6.07, 6.45) is 7.64. The van der Waals surface area contributed by atoms with E-state index in [0.717, 1.165) is 5.56 Å². The molecule has 2 unspecified atom stereocenters. The SMILES string of the molecule is CC1(C(N)c2cncnc2)CCCS1. The molecule has 14 heavy (non-hydrogen) atoms. The normalized spacial score (nSPS) is 29.0. The smallest absolute Gasteiger partial charge is 0.115 e. The van der Waals surface area contributed by atoms with Gasteiger partial charge in [-0.05, 0) is 25.5 Å². The highest BCUT2D eigenvalue weighted by Gasteiger charge is 2.36. The number of rotatable bonds is 2. The molecule has 0 aliphatic carbocycles. The fraction of sp³-hybridized carbons (Fsp3) is 0.600. The Kier molecular flexibility index (Phi) is 2.74. The molecule has 0 bridgehead atoms. The molecule has 0 radical (unpaired) electrons. The van der Waals surface area contributed by atoms with Crippen LogP contribution >= 0.6 is 11.8 Å². The quantitative estimate of drug-likeness (QED) is 0.806. The molecule has 1 aromatic heterocycles. The molecule has 2 N–H and O–H groups in total. The first kappa shape index (κ1) is 9.93. The summed E-state index contributed by atoms with van der Waals surface area (Å²) in [4.78, 5) is 8.02. The highest BCUT2D eigenvalue weighted by Crippen LogP contribution is 2.45. The average Bonchev–Trinajstić information content (AvgIpc) is 2.67. The zero-order valence-corrected chi connectivity index (χ0v) is 9.13. The van der Waals surface area contributed by atoms with Gasteiger partial charge in [-0.1, -0.05) is 0 Å². The zero-order chi connectivity index (χ0) is 10.0. The van der Waals surface area contributed by atoms with Crippen LogP contribution in [0.15, 0.2) is 18.7 Å². The van der Waals surface area contributed by atoms with Gasteiger partial charge in [0.25, 0.3) is 0 Å². The van der Waals surface area contributed by atoms with Crippen molar-refractivity contribution in [3.8, 4) is 0 Å². The maximum Gasteiger partial charge on any atom is 0.115 e. The fourth-order valence-corrected chi connectivity index (χ4v) is 3.23. The lowest BCUT2D eigenvalue weighted by Gasteiger charge is -2.29. The van der Waals surface area contributed by atoms with Crippen molar-refractivity contribution in [2.45, 2.75) is 30.6 Å². The van der Waals surface area contributed by atoms with Gasteiger partial charge in [-0.2, -0.15) is 11.8 Å². The second-order valence-corrected chi connectivity index (χ2v) is 5.54. The Balaban J connectivity index is 2.19. The van der Waals surface area contributed by atoms with Crippen LogP contribution in [0, 0.1) is 0 Å². The molecular formula is C10H15N3S. The number of aromatic nitrogens is 2. The van der Waals surface area contributed by atoms with Gasteiger partial charge >= 0.3 is 0 Å². The molecule has 1 aromatic rings. The van der Waals surface area contributed by atoms with E-state index in [9.17, 15) is 0 Å². The van der Waals surface area contributed by atoms with Crippen molar-refractivity contribution in [2.75, 3.05) is 5.75 Å². The molecule has 2 heterocycles.